The topological polar surface area (TPSA) is 52.8 Å². The van der Waals surface area contributed by atoms with Crippen molar-refractivity contribution in [3.05, 3.63) is 28.5 Å². The molecule has 0 fully saturated rings. The maximum atomic E-state index is 11.7. The van der Waals surface area contributed by atoms with Crippen molar-refractivity contribution in [2.75, 3.05) is 14.2 Å². The van der Waals surface area contributed by atoms with Gasteiger partial charge in [0.25, 0.3) is 0 Å². The van der Waals surface area contributed by atoms with Crippen molar-refractivity contribution in [2.24, 2.45) is 0 Å². The molecular weight excluding hydrogens is 244 g/mol. The summed E-state index contributed by atoms with van der Waals surface area (Å²) in [7, 11) is 2.83. The maximum absolute atomic E-state index is 11.7. The van der Waals surface area contributed by atoms with Gasteiger partial charge in [-0.2, -0.15) is 0 Å². The van der Waals surface area contributed by atoms with Gasteiger partial charge in [0.15, 0.2) is 17.2 Å². The predicted molar refractivity (Wildman–Crippen MR) is 62.8 cm³/mol. The van der Waals surface area contributed by atoms with Gasteiger partial charge in [0.2, 0.25) is 0 Å². The van der Waals surface area contributed by atoms with Crippen LogP contribution in [0.2, 0.25) is 5.02 Å². The lowest BCUT2D eigenvalue weighted by atomic mass is 10.3. The van der Waals surface area contributed by atoms with E-state index in [1.807, 2.05) is 0 Å². The number of hydrogen-bond donors (Lipinski definition) is 0. The zero-order chi connectivity index (χ0) is 12.6. The molecule has 0 saturated carbocycles. The van der Waals surface area contributed by atoms with Crippen molar-refractivity contribution in [3.63, 3.8) is 0 Å². The van der Waals surface area contributed by atoms with Crippen molar-refractivity contribution in [1.29, 1.82) is 0 Å². The lowest BCUT2D eigenvalue weighted by Crippen LogP contribution is -2.08. The second-order valence-corrected chi connectivity index (χ2v) is 3.83. The minimum Gasteiger partial charge on any atom is -0.482 e. The molecule has 2 rings (SSSR count). The summed E-state index contributed by atoms with van der Waals surface area (Å²) < 4.78 is 11.5. The number of nitrogens with zero attached hydrogens (tertiary/aromatic N) is 2. The van der Waals surface area contributed by atoms with Crippen LogP contribution >= 0.6 is 11.6 Å². The van der Waals surface area contributed by atoms with E-state index in [0.29, 0.717) is 27.9 Å². The van der Waals surface area contributed by atoms with E-state index in [4.69, 9.17) is 21.1 Å². The predicted octanol–water partition coefficient (Wildman–Crippen LogP) is 2.09. The molecule has 90 valence electrons. The number of fused-ring (bicyclic) bond motifs is 1. The van der Waals surface area contributed by atoms with Crippen LogP contribution in [0.4, 0.5) is 0 Å². The van der Waals surface area contributed by atoms with Crippen LogP contribution in [0, 0.1) is 6.92 Å². The van der Waals surface area contributed by atoms with Gasteiger partial charge in [-0.05, 0) is 13.0 Å². The Labute approximate surface area is 103 Å². The monoisotopic (exact) mass is 254 g/mol. The summed E-state index contributed by atoms with van der Waals surface area (Å²) in [5, 5.41) is 0.448. The molecule has 0 unspecified atom stereocenters. The van der Waals surface area contributed by atoms with Crippen molar-refractivity contribution >= 4 is 23.2 Å². The molecule has 0 amide bonds. The second-order valence-electron chi connectivity index (χ2n) is 3.42. The van der Waals surface area contributed by atoms with Gasteiger partial charge in [-0.1, -0.05) is 11.6 Å². The number of hydrogen-bond acceptors (Lipinski definition) is 4. The number of carbonyl (C=O) groups excluding carboxylic acids is 1. The van der Waals surface area contributed by atoms with E-state index in [1.165, 1.54) is 14.2 Å². The molecule has 2 aromatic heterocycles. The summed E-state index contributed by atoms with van der Waals surface area (Å²) in [6.07, 6.45) is 0. The highest BCUT2D eigenvalue weighted by Gasteiger charge is 2.21. The Morgan fingerprint density at radius 3 is 2.71 bits per heavy atom. The molecule has 0 aliphatic carbocycles. The number of aryl methyl sites for hydroxylation is 1. The summed E-state index contributed by atoms with van der Waals surface area (Å²) in [5.41, 5.74) is 1.34. The average Bonchev–Trinajstić information content (AvgIpc) is 2.67. The first-order chi connectivity index (χ1) is 8.10. The molecule has 0 N–H and O–H groups in total. The van der Waals surface area contributed by atoms with Crippen LogP contribution in [0.3, 0.4) is 0 Å². The van der Waals surface area contributed by atoms with E-state index < -0.39 is 5.97 Å². The number of esters is 1. The highest BCUT2D eigenvalue weighted by Crippen LogP contribution is 2.26. The Kier molecular flexibility index (Phi) is 2.93. The molecule has 0 atom stereocenters. The number of carbonyl (C=O) groups is 1. The number of imidazole rings is 1. The van der Waals surface area contributed by atoms with E-state index in [0.717, 1.165) is 0 Å². The quantitative estimate of drug-likeness (QED) is 0.770. The van der Waals surface area contributed by atoms with Gasteiger partial charge in [-0.3, -0.25) is 4.40 Å². The zero-order valence-electron chi connectivity index (χ0n) is 9.65. The van der Waals surface area contributed by atoms with Gasteiger partial charge in [-0.15, -0.1) is 0 Å². The molecule has 0 aromatic carbocycles. The normalized spacial score (nSPS) is 10.6. The molecule has 2 aromatic rings. The first-order valence-corrected chi connectivity index (χ1v) is 5.27. The third-order valence-electron chi connectivity index (χ3n) is 2.45. The summed E-state index contributed by atoms with van der Waals surface area (Å²) in [5.74, 6) is 0.000895. The number of pyridine rings is 1. The molecule has 2 heterocycles. The fourth-order valence-electron chi connectivity index (χ4n) is 1.69. The van der Waals surface area contributed by atoms with Crippen LogP contribution in [-0.4, -0.2) is 29.6 Å². The van der Waals surface area contributed by atoms with Crippen molar-refractivity contribution < 1.29 is 14.3 Å². The third kappa shape index (κ3) is 1.72. The van der Waals surface area contributed by atoms with E-state index in [2.05, 4.69) is 4.98 Å². The number of rotatable bonds is 2. The molecule has 0 aliphatic rings. The van der Waals surface area contributed by atoms with Gasteiger partial charge >= 0.3 is 5.97 Å². The van der Waals surface area contributed by atoms with Crippen LogP contribution in [0.5, 0.6) is 5.88 Å². The van der Waals surface area contributed by atoms with Crippen LogP contribution < -0.4 is 4.74 Å². The number of halogens is 1. The largest absolute Gasteiger partial charge is 0.482 e. The smallest absolute Gasteiger partial charge is 0.357 e. The molecule has 6 heteroatoms. The molecule has 0 aliphatic heterocycles. The van der Waals surface area contributed by atoms with Crippen LogP contribution in [-0.2, 0) is 4.74 Å². The van der Waals surface area contributed by atoms with Gasteiger partial charge < -0.3 is 9.47 Å². The highest BCUT2D eigenvalue weighted by atomic mass is 35.5. The second kappa shape index (κ2) is 4.25. The van der Waals surface area contributed by atoms with Crippen molar-refractivity contribution in [3.8, 4) is 5.88 Å². The molecule has 17 heavy (non-hydrogen) atoms. The molecule has 0 bridgehead atoms. The maximum Gasteiger partial charge on any atom is 0.357 e. The van der Waals surface area contributed by atoms with Crippen LogP contribution in [0.25, 0.3) is 5.65 Å². The first kappa shape index (κ1) is 11.7. The molecule has 0 spiro atoms. The minimum absolute atomic E-state index is 0.321. The molecule has 5 nitrogen and oxygen atoms in total. The van der Waals surface area contributed by atoms with Crippen LogP contribution in [0.15, 0.2) is 12.1 Å². The van der Waals surface area contributed by atoms with Crippen molar-refractivity contribution in [2.45, 2.75) is 6.92 Å². The van der Waals surface area contributed by atoms with E-state index in [9.17, 15) is 4.79 Å². The number of aromatic nitrogens is 2. The number of ether oxygens (including phenoxy) is 2. The van der Waals surface area contributed by atoms with Gasteiger partial charge in [-0.25, -0.2) is 9.78 Å². The summed E-state index contributed by atoms with van der Waals surface area (Å²) in [6, 6.07) is 3.34. The summed E-state index contributed by atoms with van der Waals surface area (Å²) in [4.78, 5) is 15.9. The Hall–Kier alpha value is -1.75. The van der Waals surface area contributed by atoms with Gasteiger partial charge in [0.05, 0.1) is 24.9 Å². The van der Waals surface area contributed by atoms with Crippen molar-refractivity contribution in [1.82, 2.24) is 9.38 Å². The summed E-state index contributed by atoms with van der Waals surface area (Å²) in [6.45, 7) is 1.72. The fourth-order valence-corrected chi connectivity index (χ4v) is 1.88. The van der Waals surface area contributed by atoms with E-state index in [1.54, 1.807) is 23.5 Å². The van der Waals surface area contributed by atoms with E-state index in [-0.39, 0.29) is 0 Å². The standard InChI is InChI=1S/C11H11ClN2O3/c1-6-9(11(15)17-3)14-8(16-2)5-4-7(12)10(14)13-6/h4-5H,1-3H3. The van der Waals surface area contributed by atoms with Gasteiger partial charge in [0, 0.05) is 6.07 Å². The number of methoxy groups -OCH3 is 2. The van der Waals surface area contributed by atoms with Gasteiger partial charge in [0.1, 0.15) is 0 Å². The lowest BCUT2D eigenvalue weighted by Gasteiger charge is -2.07. The average molecular weight is 255 g/mol. The SMILES string of the molecule is COC(=O)c1c(C)nc2c(Cl)ccc(OC)n12. The Bertz CT molecular complexity index is 592. The third-order valence-corrected chi connectivity index (χ3v) is 2.74. The molecule has 0 saturated heterocycles. The minimum atomic E-state index is -0.476. The Morgan fingerprint density at radius 2 is 2.12 bits per heavy atom. The zero-order valence-corrected chi connectivity index (χ0v) is 10.4. The molecular formula is C11H11ClN2O3. The molecule has 0 radical (unpaired) electrons. The van der Waals surface area contributed by atoms with Crippen LogP contribution in [0.1, 0.15) is 16.2 Å². The highest BCUT2D eigenvalue weighted by molar-refractivity contribution is 6.33. The first-order valence-electron chi connectivity index (χ1n) is 4.90. The summed E-state index contributed by atoms with van der Waals surface area (Å²) >= 11 is 6.03. The van der Waals surface area contributed by atoms with E-state index >= 15 is 0 Å². The fraction of sp³-hybridized carbons (Fsp3) is 0.273. The Balaban J connectivity index is 2.87. The Morgan fingerprint density at radius 1 is 1.41 bits per heavy atom. The lowest BCUT2D eigenvalue weighted by molar-refractivity contribution is 0.0591.